The summed E-state index contributed by atoms with van der Waals surface area (Å²) in [6.07, 6.45) is 3.40. The summed E-state index contributed by atoms with van der Waals surface area (Å²) in [5.41, 5.74) is 8.89. The van der Waals surface area contributed by atoms with E-state index >= 15 is 0 Å². The number of nitrogens with zero attached hydrogens (tertiary/aromatic N) is 2. The first-order chi connectivity index (χ1) is 10.1. The van der Waals surface area contributed by atoms with Crippen molar-refractivity contribution in [3.05, 3.63) is 47.7 Å². The molecule has 5 heteroatoms. The maximum Gasteiger partial charge on any atom is 0.337 e. The first-order valence-corrected chi connectivity index (χ1v) is 6.94. The van der Waals surface area contributed by atoms with E-state index in [2.05, 4.69) is 28.9 Å². The molecule has 0 saturated heterocycles. The molecule has 0 fully saturated rings. The number of aromatic nitrogens is 1. The third-order valence-electron chi connectivity index (χ3n) is 3.89. The number of hydrogen-bond acceptors (Lipinski definition) is 4. The Morgan fingerprint density at radius 1 is 1.43 bits per heavy atom. The number of benzene rings is 1. The van der Waals surface area contributed by atoms with Crippen LogP contribution in [0.3, 0.4) is 0 Å². The molecule has 3 N–H and O–H groups in total. The van der Waals surface area contributed by atoms with E-state index in [4.69, 9.17) is 10.8 Å². The number of nitrogen functional groups attached to an aromatic ring is 1. The predicted molar refractivity (Wildman–Crippen MR) is 82.0 cm³/mol. The second-order valence-electron chi connectivity index (χ2n) is 5.33. The number of hydrogen-bond donors (Lipinski definition) is 2. The van der Waals surface area contributed by atoms with E-state index in [9.17, 15) is 4.79 Å². The second kappa shape index (κ2) is 5.09. The van der Waals surface area contributed by atoms with Crippen molar-refractivity contribution >= 4 is 23.2 Å². The van der Waals surface area contributed by atoms with Gasteiger partial charge in [0.1, 0.15) is 0 Å². The SMILES string of the molecule is CC1CCc2ccccc2N1c1ncc(C(=O)O)cc1N. The predicted octanol–water partition coefficient (Wildman–Crippen LogP) is 2.83. The summed E-state index contributed by atoms with van der Waals surface area (Å²) in [5, 5.41) is 9.01. The van der Waals surface area contributed by atoms with E-state index in [1.807, 2.05) is 12.1 Å². The Hall–Kier alpha value is -2.56. The van der Waals surface area contributed by atoms with Crippen molar-refractivity contribution in [2.24, 2.45) is 0 Å². The molecule has 0 radical (unpaired) electrons. The van der Waals surface area contributed by atoms with Gasteiger partial charge in [0.25, 0.3) is 0 Å². The summed E-state index contributed by atoms with van der Waals surface area (Å²) in [5.74, 6) is -0.396. The lowest BCUT2D eigenvalue weighted by Gasteiger charge is -2.36. The van der Waals surface area contributed by atoms with E-state index in [1.165, 1.54) is 17.8 Å². The fraction of sp³-hybridized carbons (Fsp3) is 0.250. The van der Waals surface area contributed by atoms with Crippen molar-refractivity contribution < 1.29 is 9.90 Å². The van der Waals surface area contributed by atoms with Gasteiger partial charge in [0.15, 0.2) is 5.82 Å². The minimum absolute atomic E-state index is 0.106. The zero-order chi connectivity index (χ0) is 15.0. The number of rotatable bonds is 2. The molecule has 0 spiro atoms. The summed E-state index contributed by atoms with van der Waals surface area (Å²) in [6, 6.07) is 9.91. The van der Waals surface area contributed by atoms with Crippen molar-refractivity contribution in [2.45, 2.75) is 25.8 Å². The lowest BCUT2D eigenvalue weighted by Crippen LogP contribution is -2.34. The normalized spacial score (nSPS) is 17.4. The topological polar surface area (TPSA) is 79.5 Å². The largest absolute Gasteiger partial charge is 0.478 e. The summed E-state index contributed by atoms with van der Waals surface area (Å²) < 4.78 is 0. The number of para-hydroxylation sites is 1. The minimum atomic E-state index is -1.02. The highest BCUT2D eigenvalue weighted by Gasteiger charge is 2.26. The van der Waals surface area contributed by atoms with Gasteiger partial charge in [0, 0.05) is 17.9 Å². The molecule has 1 unspecified atom stereocenters. The Bertz CT molecular complexity index is 700. The van der Waals surface area contributed by atoms with Gasteiger partial charge in [-0.3, -0.25) is 0 Å². The molecule has 0 bridgehead atoms. The van der Waals surface area contributed by atoms with Gasteiger partial charge in [-0.15, -0.1) is 0 Å². The molecule has 21 heavy (non-hydrogen) atoms. The number of carboxylic acid groups (broad SMARTS) is 1. The first kappa shape index (κ1) is 13.4. The molecule has 0 saturated carbocycles. The van der Waals surface area contributed by atoms with Gasteiger partial charge in [-0.1, -0.05) is 18.2 Å². The molecule has 1 atom stereocenters. The van der Waals surface area contributed by atoms with E-state index in [0.717, 1.165) is 18.5 Å². The molecule has 0 aliphatic carbocycles. The number of carbonyl (C=O) groups is 1. The molecule has 1 aromatic heterocycles. The average Bonchev–Trinajstić information content (AvgIpc) is 2.48. The zero-order valence-corrected chi connectivity index (χ0v) is 11.8. The summed E-state index contributed by atoms with van der Waals surface area (Å²) in [4.78, 5) is 17.4. The van der Waals surface area contributed by atoms with Crippen LogP contribution in [-0.4, -0.2) is 22.1 Å². The van der Waals surface area contributed by atoms with Crippen LogP contribution in [0.1, 0.15) is 29.3 Å². The third kappa shape index (κ3) is 2.31. The van der Waals surface area contributed by atoms with E-state index in [-0.39, 0.29) is 11.6 Å². The number of aromatic carboxylic acids is 1. The minimum Gasteiger partial charge on any atom is -0.478 e. The summed E-state index contributed by atoms with van der Waals surface area (Å²) in [7, 11) is 0. The van der Waals surface area contributed by atoms with Gasteiger partial charge in [0.05, 0.1) is 11.3 Å². The average molecular weight is 283 g/mol. The maximum absolute atomic E-state index is 11.0. The van der Waals surface area contributed by atoms with Crippen LogP contribution in [0.4, 0.5) is 17.2 Å². The number of pyridine rings is 1. The molecule has 1 aromatic carbocycles. The van der Waals surface area contributed by atoms with Crippen LogP contribution in [0, 0.1) is 0 Å². The lowest BCUT2D eigenvalue weighted by atomic mass is 9.96. The van der Waals surface area contributed by atoms with Crippen molar-refractivity contribution in [2.75, 3.05) is 10.6 Å². The Balaban J connectivity index is 2.09. The molecule has 3 rings (SSSR count). The molecule has 5 nitrogen and oxygen atoms in total. The molecule has 1 aliphatic heterocycles. The van der Waals surface area contributed by atoms with Gasteiger partial charge in [-0.2, -0.15) is 0 Å². The van der Waals surface area contributed by atoms with Crippen LogP contribution in [-0.2, 0) is 6.42 Å². The molecule has 2 heterocycles. The number of nitrogens with two attached hydrogens (primary N) is 1. The fourth-order valence-electron chi connectivity index (χ4n) is 2.80. The number of aryl methyl sites for hydroxylation is 1. The summed E-state index contributed by atoms with van der Waals surface area (Å²) in [6.45, 7) is 2.13. The molecule has 108 valence electrons. The van der Waals surface area contributed by atoms with Crippen LogP contribution in [0.2, 0.25) is 0 Å². The number of anilines is 3. The van der Waals surface area contributed by atoms with E-state index in [1.54, 1.807) is 0 Å². The van der Waals surface area contributed by atoms with Crippen molar-refractivity contribution in [1.82, 2.24) is 4.98 Å². The number of carboxylic acids is 1. The molecule has 0 amide bonds. The Kier molecular flexibility index (Phi) is 3.25. The second-order valence-corrected chi connectivity index (χ2v) is 5.33. The Morgan fingerprint density at radius 2 is 2.19 bits per heavy atom. The van der Waals surface area contributed by atoms with Crippen LogP contribution < -0.4 is 10.6 Å². The smallest absolute Gasteiger partial charge is 0.337 e. The van der Waals surface area contributed by atoms with Gasteiger partial charge in [-0.25, -0.2) is 9.78 Å². The van der Waals surface area contributed by atoms with Gasteiger partial charge in [-0.05, 0) is 37.5 Å². The molecule has 1 aliphatic rings. The zero-order valence-electron chi connectivity index (χ0n) is 11.8. The van der Waals surface area contributed by atoms with Crippen LogP contribution in [0.5, 0.6) is 0 Å². The standard InChI is InChI=1S/C16H17N3O2/c1-10-6-7-11-4-2-3-5-14(11)19(10)15-13(17)8-12(9-18-15)16(20)21/h2-5,8-10H,6-7,17H2,1H3,(H,20,21). The van der Waals surface area contributed by atoms with Crippen molar-refractivity contribution in [3.63, 3.8) is 0 Å². The highest BCUT2D eigenvalue weighted by Crippen LogP contribution is 2.38. The molecular weight excluding hydrogens is 266 g/mol. The first-order valence-electron chi connectivity index (χ1n) is 6.94. The van der Waals surface area contributed by atoms with Crippen LogP contribution in [0.25, 0.3) is 0 Å². The van der Waals surface area contributed by atoms with Gasteiger partial charge >= 0.3 is 5.97 Å². The Morgan fingerprint density at radius 3 is 2.90 bits per heavy atom. The monoisotopic (exact) mass is 283 g/mol. The fourth-order valence-corrected chi connectivity index (χ4v) is 2.80. The summed E-state index contributed by atoms with van der Waals surface area (Å²) >= 11 is 0. The molecular formula is C16H17N3O2. The molecule has 2 aromatic rings. The third-order valence-corrected chi connectivity index (χ3v) is 3.89. The van der Waals surface area contributed by atoms with Gasteiger partial charge in [0.2, 0.25) is 0 Å². The van der Waals surface area contributed by atoms with Crippen molar-refractivity contribution in [3.8, 4) is 0 Å². The number of fused-ring (bicyclic) bond motifs is 1. The highest BCUT2D eigenvalue weighted by atomic mass is 16.4. The maximum atomic E-state index is 11.0. The van der Waals surface area contributed by atoms with E-state index < -0.39 is 5.97 Å². The van der Waals surface area contributed by atoms with Gasteiger partial charge < -0.3 is 15.7 Å². The van der Waals surface area contributed by atoms with E-state index in [0.29, 0.717) is 11.5 Å². The highest BCUT2D eigenvalue weighted by molar-refractivity contribution is 5.90. The quantitative estimate of drug-likeness (QED) is 0.886. The lowest BCUT2D eigenvalue weighted by molar-refractivity contribution is 0.0696. The van der Waals surface area contributed by atoms with Crippen LogP contribution >= 0.6 is 0 Å². The van der Waals surface area contributed by atoms with Crippen molar-refractivity contribution in [1.29, 1.82) is 0 Å². The Labute approximate surface area is 123 Å². The van der Waals surface area contributed by atoms with Crippen LogP contribution in [0.15, 0.2) is 36.5 Å².